The number of anilines is 1. The van der Waals surface area contributed by atoms with Crippen LogP contribution in [0.15, 0.2) is 36.5 Å². The monoisotopic (exact) mass is 386 g/mol. The maximum Gasteiger partial charge on any atom is 0.257 e. The van der Waals surface area contributed by atoms with Crippen LogP contribution in [0.4, 0.5) is 10.1 Å². The Bertz CT molecular complexity index is 1050. The van der Waals surface area contributed by atoms with Crippen LogP contribution in [0.5, 0.6) is 17.2 Å². The molecule has 8 heteroatoms. The molecule has 3 rings (SSSR count). The first-order valence-corrected chi connectivity index (χ1v) is 8.32. The quantitative estimate of drug-likeness (QED) is 0.723. The molecular formula is C20H19FN2O5. The highest BCUT2D eigenvalue weighted by molar-refractivity contribution is 6.14. The fraction of sp³-hybridized carbons (Fsp3) is 0.200. The highest BCUT2D eigenvalue weighted by Gasteiger charge is 2.19. The van der Waals surface area contributed by atoms with Gasteiger partial charge >= 0.3 is 0 Å². The predicted octanol–water partition coefficient (Wildman–Crippen LogP) is 3.72. The Morgan fingerprint density at radius 2 is 1.64 bits per heavy atom. The first kappa shape index (κ1) is 19.2. The van der Waals surface area contributed by atoms with E-state index in [1.54, 1.807) is 12.1 Å². The fourth-order valence-corrected chi connectivity index (χ4v) is 3.00. The number of aromatic nitrogens is 1. The number of halogens is 1. The van der Waals surface area contributed by atoms with E-state index in [1.165, 1.54) is 57.2 Å². The molecule has 0 unspecified atom stereocenters. The second-order valence-electron chi connectivity index (χ2n) is 5.96. The van der Waals surface area contributed by atoms with Crippen molar-refractivity contribution in [2.24, 2.45) is 0 Å². The third-order valence-electron chi connectivity index (χ3n) is 4.27. The Labute approximate surface area is 160 Å². The van der Waals surface area contributed by atoms with Crippen molar-refractivity contribution in [1.29, 1.82) is 0 Å². The molecule has 2 aromatic carbocycles. The molecule has 1 heterocycles. The van der Waals surface area contributed by atoms with Crippen LogP contribution >= 0.6 is 0 Å². The number of fused-ring (bicyclic) bond motifs is 1. The summed E-state index contributed by atoms with van der Waals surface area (Å²) in [5.74, 6) is -0.175. The molecule has 0 aliphatic rings. The summed E-state index contributed by atoms with van der Waals surface area (Å²) in [4.78, 5) is 24.7. The normalized spacial score (nSPS) is 10.6. The smallest absolute Gasteiger partial charge is 0.257 e. The Morgan fingerprint density at radius 3 is 2.18 bits per heavy atom. The first-order chi connectivity index (χ1) is 13.4. The molecule has 0 radical (unpaired) electrons. The van der Waals surface area contributed by atoms with Crippen LogP contribution in [-0.4, -0.2) is 37.7 Å². The number of nitrogens with one attached hydrogen (secondary N) is 1. The van der Waals surface area contributed by atoms with E-state index >= 15 is 0 Å². The van der Waals surface area contributed by atoms with E-state index in [9.17, 15) is 14.0 Å². The molecule has 0 aliphatic carbocycles. The van der Waals surface area contributed by atoms with Gasteiger partial charge in [0.05, 0.1) is 32.4 Å². The van der Waals surface area contributed by atoms with E-state index in [4.69, 9.17) is 14.2 Å². The van der Waals surface area contributed by atoms with Gasteiger partial charge in [0.25, 0.3) is 5.91 Å². The van der Waals surface area contributed by atoms with Gasteiger partial charge in [0.1, 0.15) is 5.82 Å². The van der Waals surface area contributed by atoms with Gasteiger partial charge in [-0.2, -0.15) is 0 Å². The number of rotatable bonds is 5. The standard InChI is InChI=1S/C20H19FN2O5/c1-11(24)23-10-15(14-7-12(21)5-6-16(14)23)20(25)22-13-8-17(26-2)19(28-4)18(9-13)27-3/h5-10H,1-4H3,(H,22,25). The SMILES string of the molecule is COc1cc(NC(=O)c2cn(C(C)=O)c3ccc(F)cc23)cc(OC)c1OC. The summed E-state index contributed by atoms with van der Waals surface area (Å²) in [6, 6.07) is 7.07. The second-order valence-corrected chi connectivity index (χ2v) is 5.96. The number of amides is 1. The molecule has 1 aromatic heterocycles. The Kier molecular flexibility index (Phi) is 5.21. The highest BCUT2D eigenvalue weighted by atomic mass is 19.1. The predicted molar refractivity (Wildman–Crippen MR) is 102 cm³/mol. The number of hydrogen-bond acceptors (Lipinski definition) is 5. The van der Waals surface area contributed by atoms with Crippen molar-refractivity contribution in [3.63, 3.8) is 0 Å². The van der Waals surface area contributed by atoms with Gasteiger partial charge < -0.3 is 19.5 Å². The average molecular weight is 386 g/mol. The Hall–Kier alpha value is -3.55. The number of carbonyl (C=O) groups excluding carboxylic acids is 2. The number of methoxy groups -OCH3 is 3. The molecular weight excluding hydrogens is 367 g/mol. The number of nitrogens with zero attached hydrogens (tertiary/aromatic N) is 1. The lowest BCUT2D eigenvalue weighted by Gasteiger charge is -2.14. The molecule has 146 valence electrons. The zero-order valence-corrected chi connectivity index (χ0v) is 15.8. The molecule has 0 aliphatic heterocycles. The number of carbonyl (C=O) groups is 2. The van der Waals surface area contributed by atoms with Gasteiger partial charge in [0, 0.05) is 36.3 Å². The highest BCUT2D eigenvalue weighted by Crippen LogP contribution is 2.40. The van der Waals surface area contributed by atoms with Crippen molar-refractivity contribution < 1.29 is 28.2 Å². The molecule has 0 fully saturated rings. The molecule has 1 N–H and O–H groups in total. The minimum Gasteiger partial charge on any atom is -0.493 e. The maximum absolute atomic E-state index is 13.7. The minimum atomic E-state index is -0.509. The van der Waals surface area contributed by atoms with Gasteiger partial charge in [-0.3, -0.25) is 14.2 Å². The molecule has 0 spiro atoms. The summed E-state index contributed by atoms with van der Waals surface area (Å²) in [6.07, 6.45) is 1.39. The van der Waals surface area contributed by atoms with E-state index in [-0.39, 0.29) is 11.5 Å². The molecule has 1 amide bonds. The van der Waals surface area contributed by atoms with E-state index in [0.29, 0.717) is 33.8 Å². The summed E-state index contributed by atoms with van der Waals surface area (Å²) < 4.78 is 30.8. The second kappa shape index (κ2) is 7.59. The maximum atomic E-state index is 13.7. The molecule has 3 aromatic rings. The van der Waals surface area contributed by atoms with Crippen LogP contribution in [0.2, 0.25) is 0 Å². The summed E-state index contributed by atoms with van der Waals surface area (Å²) >= 11 is 0. The van der Waals surface area contributed by atoms with E-state index in [0.717, 1.165) is 0 Å². The molecule has 28 heavy (non-hydrogen) atoms. The van der Waals surface area contributed by atoms with Gasteiger partial charge in [0.2, 0.25) is 11.7 Å². The zero-order valence-electron chi connectivity index (χ0n) is 15.8. The number of hydrogen-bond donors (Lipinski definition) is 1. The van der Waals surface area contributed by atoms with Gasteiger partial charge in [0.15, 0.2) is 11.5 Å². The number of benzene rings is 2. The summed E-state index contributed by atoms with van der Waals surface area (Å²) in [7, 11) is 4.40. The van der Waals surface area contributed by atoms with Crippen molar-refractivity contribution in [3.8, 4) is 17.2 Å². The summed E-state index contributed by atoms with van der Waals surface area (Å²) in [5, 5.41) is 3.05. The lowest BCUT2D eigenvalue weighted by atomic mass is 10.1. The topological polar surface area (TPSA) is 78.8 Å². The van der Waals surface area contributed by atoms with Crippen molar-refractivity contribution in [1.82, 2.24) is 4.57 Å². The van der Waals surface area contributed by atoms with Crippen molar-refractivity contribution in [3.05, 3.63) is 47.9 Å². The van der Waals surface area contributed by atoms with Gasteiger partial charge in [-0.15, -0.1) is 0 Å². The molecule has 7 nitrogen and oxygen atoms in total. The molecule has 0 saturated carbocycles. The van der Waals surface area contributed by atoms with E-state index in [1.807, 2.05) is 0 Å². The van der Waals surface area contributed by atoms with Crippen molar-refractivity contribution in [2.75, 3.05) is 26.6 Å². The molecule has 0 saturated heterocycles. The fourth-order valence-electron chi connectivity index (χ4n) is 3.00. The third-order valence-corrected chi connectivity index (χ3v) is 4.27. The van der Waals surface area contributed by atoms with Crippen molar-refractivity contribution >= 4 is 28.4 Å². The van der Waals surface area contributed by atoms with E-state index < -0.39 is 11.7 Å². The summed E-state index contributed by atoms with van der Waals surface area (Å²) in [5.41, 5.74) is 1.00. The van der Waals surface area contributed by atoms with Crippen molar-refractivity contribution in [2.45, 2.75) is 6.92 Å². The largest absolute Gasteiger partial charge is 0.493 e. The van der Waals surface area contributed by atoms with E-state index in [2.05, 4.69) is 5.32 Å². The van der Waals surface area contributed by atoms with Gasteiger partial charge in [-0.25, -0.2) is 4.39 Å². The third kappa shape index (κ3) is 3.36. The van der Waals surface area contributed by atoms with Crippen LogP contribution in [0, 0.1) is 5.82 Å². The lowest BCUT2D eigenvalue weighted by Crippen LogP contribution is -2.12. The van der Waals surface area contributed by atoms with Gasteiger partial charge in [-0.05, 0) is 18.2 Å². The molecule has 0 atom stereocenters. The Morgan fingerprint density at radius 1 is 1.00 bits per heavy atom. The van der Waals surface area contributed by atoms with Crippen LogP contribution in [0.1, 0.15) is 22.1 Å². The Balaban J connectivity index is 2.04. The van der Waals surface area contributed by atoms with Crippen LogP contribution in [0.3, 0.4) is 0 Å². The minimum absolute atomic E-state index is 0.165. The lowest BCUT2D eigenvalue weighted by molar-refractivity contribution is 0.0941. The van der Waals surface area contributed by atoms with Crippen LogP contribution < -0.4 is 19.5 Å². The summed E-state index contributed by atoms with van der Waals surface area (Å²) in [6.45, 7) is 1.36. The van der Waals surface area contributed by atoms with Gasteiger partial charge in [-0.1, -0.05) is 0 Å². The average Bonchev–Trinajstić information content (AvgIpc) is 3.06. The zero-order chi connectivity index (χ0) is 20.4. The van der Waals surface area contributed by atoms with Crippen LogP contribution in [0.25, 0.3) is 10.9 Å². The first-order valence-electron chi connectivity index (χ1n) is 8.32. The van der Waals surface area contributed by atoms with Crippen LogP contribution in [-0.2, 0) is 0 Å². The molecule has 0 bridgehead atoms. The number of ether oxygens (including phenoxy) is 3.